The molecule has 4 heteroatoms. The number of hydrogen-bond acceptors (Lipinski definition) is 2. The number of halogens is 1. The third-order valence-electron chi connectivity index (χ3n) is 3.24. The fourth-order valence-corrected chi connectivity index (χ4v) is 2.30. The maximum atomic E-state index is 12.2. The SMILES string of the molecule is COCc1ccc(C(=O)N[C@H](C)c2ccc(Br)cc2)cc1. The van der Waals surface area contributed by atoms with Crippen LogP contribution >= 0.6 is 15.9 Å². The summed E-state index contributed by atoms with van der Waals surface area (Å²) in [6.07, 6.45) is 0. The van der Waals surface area contributed by atoms with Crippen molar-refractivity contribution in [2.75, 3.05) is 7.11 Å². The van der Waals surface area contributed by atoms with Crippen molar-refractivity contribution in [1.29, 1.82) is 0 Å². The van der Waals surface area contributed by atoms with E-state index in [-0.39, 0.29) is 11.9 Å². The van der Waals surface area contributed by atoms with Crippen molar-refractivity contribution in [3.63, 3.8) is 0 Å². The van der Waals surface area contributed by atoms with Gasteiger partial charge in [0, 0.05) is 17.1 Å². The lowest BCUT2D eigenvalue weighted by Gasteiger charge is -2.14. The Morgan fingerprint density at radius 1 is 1.14 bits per heavy atom. The summed E-state index contributed by atoms with van der Waals surface area (Å²) in [6.45, 7) is 2.53. The summed E-state index contributed by atoms with van der Waals surface area (Å²) in [4.78, 5) is 12.2. The number of amides is 1. The van der Waals surface area contributed by atoms with E-state index in [1.807, 2.05) is 55.5 Å². The molecule has 1 amide bonds. The minimum Gasteiger partial charge on any atom is -0.380 e. The first-order valence-corrected chi connectivity index (χ1v) is 7.53. The van der Waals surface area contributed by atoms with Crippen LogP contribution in [0.5, 0.6) is 0 Å². The molecule has 0 unspecified atom stereocenters. The molecule has 0 spiro atoms. The molecule has 0 bridgehead atoms. The van der Waals surface area contributed by atoms with E-state index < -0.39 is 0 Å². The van der Waals surface area contributed by atoms with Gasteiger partial charge in [-0.25, -0.2) is 0 Å². The number of ether oxygens (including phenoxy) is 1. The minimum atomic E-state index is -0.0746. The number of carbonyl (C=O) groups is 1. The highest BCUT2D eigenvalue weighted by Crippen LogP contribution is 2.17. The highest BCUT2D eigenvalue weighted by atomic mass is 79.9. The van der Waals surface area contributed by atoms with Gasteiger partial charge in [0.1, 0.15) is 0 Å². The number of carbonyl (C=O) groups excluding carboxylic acids is 1. The Hall–Kier alpha value is -1.65. The van der Waals surface area contributed by atoms with Gasteiger partial charge in [-0.15, -0.1) is 0 Å². The van der Waals surface area contributed by atoms with Gasteiger partial charge in [-0.1, -0.05) is 40.2 Å². The van der Waals surface area contributed by atoms with E-state index in [0.29, 0.717) is 12.2 Å². The zero-order valence-corrected chi connectivity index (χ0v) is 13.7. The molecule has 0 saturated heterocycles. The molecule has 21 heavy (non-hydrogen) atoms. The van der Waals surface area contributed by atoms with Crippen molar-refractivity contribution in [3.8, 4) is 0 Å². The zero-order chi connectivity index (χ0) is 15.2. The predicted molar refractivity (Wildman–Crippen MR) is 87.2 cm³/mol. The van der Waals surface area contributed by atoms with E-state index in [1.165, 1.54) is 0 Å². The Labute approximate surface area is 133 Å². The summed E-state index contributed by atoms with van der Waals surface area (Å²) in [5, 5.41) is 3.00. The molecule has 0 aliphatic carbocycles. The van der Waals surface area contributed by atoms with E-state index >= 15 is 0 Å². The Bertz CT molecular complexity index is 593. The first-order chi connectivity index (χ1) is 10.1. The van der Waals surface area contributed by atoms with Gasteiger partial charge in [0.25, 0.3) is 5.91 Å². The number of nitrogens with one attached hydrogen (secondary N) is 1. The average molecular weight is 348 g/mol. The maximum absolute atomic E-state index is 12.2. The zero-order valence-electron chi connectivity index (χ0n) is 12.1. The van der Waals surface area contributed by atoms with Crippen LogP contribution in [0.25, 0.3) is 0 Å². The maximum Gasteiger partial charge on any atom is 0.251 e. The van der Waals surface area contributed by atoms with Gasteiger partial charge in [0.05, 0.1) is 12.6 Å². The molecule has 0 aromatic heterocycles. The highest BCUT2D eigenvalue weighted by Gasteiger charge is 2.11. The topological polar surface area (TPSA) is 38.3 Å². The molecule has 110 valence electrons. The largest absolute Gasteiger partial charge is 0.380 e. The molecule has 2 rings (SSSR count). The second kappa shape index (κ2) is 7.38. The van der Waals surface area contributed by atoms with Crippen molar-refractivity contribution in [2.45, 2.75) is 19.6 Å². The first-order valence-electron chi connectivity index (χ1n) is 6.74. The van der Waals surface area contributed by atoms with Crippen LogP contribution in [-0.4, -0.2) is 13.0 Å². The van der Waals surface area contributed by atoms with Gasteiger partial charge in [0.15, 0.2) is 0 Å². The van der Waals surface area contributed by atoms with Crippen LogP contribution in [0, 0.1) is 0 Å². The molecule has 1 N–H and O–H groups in total. The molecular weight excluding hydrogens is 330 g/mol. The van der Waals surface area contributed by atoms with E-state index in [0.717, 1.165) is 15.6 Å². The lowest BCUT2D eigenvalue weighted by molar-refractivity contribution is 0.0940. The molecular formula is C17H18BrNO2. The second-order valence-corrected chi connectivity index (χ2v) is 5.79. The smallest absolute Gasteiger partial charge is 0.251 e. The second-order valence-electron chi connectivity index (χ2n) is 4.88. The van der Waals surface area contributed by atoms with Crippen molar-refractivity contribution < 1.29 is 9.53 Å². The average Bonchev–Trinajstić information content (AvgIpc) is 2.49. The third-order valence-corrected chi connectivity index (χ3v) is 3.77. The number of benzene rings is 2. The summed E-state index contributed by atoms with van der Waals surface area (Å²) < 4.78 is 6.08. The van der Waals surface area contributed by atoms with Crippen LogP contribution in [-0.2, 0) is 11.3 Å². The van der Waals surface area contributed by atoms with E-state index in [4.69, 9.17) is 4.74 Å². The number of rotatable bonds is 5. The molecule has 1 atom stereocenters. The highest BCUT2D eigenvalue weighted by molar-refractivity contribution is 9.10. The molecule has 0 radical (unpaired) electrons. The lowest BCUT2D eigenvalue weighted by atomic mass is 10.1. The fourth-order valence-electron chi connectivity index (χ4n) is 2.03. The molecule has 2 aromatic carbocycles. The van der Waals surface area contributed by atoms with Crippen molar-refractivity contribution in [1.82, 2.24) is 5.32 Å². The third kappa shape index (κ3) is 4.41. The molecule has 0 saturated carbocycles. The fraction of sp³-hybridized carbons (Fsp3) is 0.235. The van der Waals surface area contributed by atoms with Gasteiger partial charge in [-0.2, -0.15) is 0 Å². The van der Waals surface area contributed by atoms with Crippen molar-refractivity contribution >= 4 is 21.8 Å². The normalized spacial score (nSPS) is 12.0. The van der Waals surface area contributed by atoms with Crippen LogP contribution in [0.3, 0.4) is 0 Å². The molecule has 0 heterocycles. The summed E-state index contributed by atoms with van der Waals surface area (Å²) in [7, 11) is 1.65. The Morgan fingerprint density at radius 2 is 1.76 bits per heavy atom. The van der Waals surface area contributed by atoms with Crippen LogP contribution in [0.1, 0.15) is 34.5 Å². The number of hydrogen-bond donors (Lipinski definition) is 1. The van der Waals surface area contributed by atoms with Crippen LogP contribution in [0.15, 0.2) is 53.0 Å². The Morgan fingerprint density at radius 3 is 2.33 bits per heavy atom. The summed E-state index contributed by atoms with van der Waals surface area (Å²) >= 11 is 3.40. The monoisotopic (exact) mass is 347 g/mol. The van der Waals surface area contributed by atoms with Crippen LogP contribution < -0.4 is 5.32 Å². The van der Waals surface area contributed by atoms with Crippen molar-refractivity contribution in [3.05, 3.63) is 69.7 Å². The van der Waals surface area contributed by atoms with Crippen LogP contribution in [0.2, 0.25) is 0 Å². The van der Waals surface area contributed by atoms with Gasteiger partial charge in [-0.3, -0.25) is 4.79 Å². The van der Waals surface area contributed by atoms with Crippen LogP contribution in [0.4, 0.5) is 0 Å². The Kier molecular flexibility index (Phi) is 5.53. The van der Waals surface area contributed by atoms with E-state index in [1.54, 1.807) is 7.11 Å². The molecule has 3 nitrogen and oxygen atoms in total. The number of methoxy groups -OCH3 is 1. The predicted octanol–water partition coefficient (Wildman–Crippen LogP) is 4.09. The van der Waals surface area contributed by atoms with Gasteiger partial charge < -0.3 is 10.1 Å². The summed E-state index contributed by atoms with van der Waals surface area (Å²) in [6, 6.07) is 15.3. The molecule has 0 aliphatic rings. The van der Waals surface area contributed by atoms with E-state index in [2.05, 4.69) is 21.2 Å². The summed E-state index contributed by atoms with van der Waals surface area (Å²) in [5.74, 6) is -0.0746. The Balaban J connectivity index is 2.01. The van der Waals surface area contributed by atoms with E-state index in [9.17, 15) is 4.79 Å². The van der Waals surface area contributed by atoms with Crippen molar-refractivity contribution in [2.24, 2.45) is 0 Å². The minimum absolute atomic E-state index is 0.0377. The molecule has 0 aliphatic heterocycles. The molecule has 0 fully saturated rings. The quantitative estimate of drug-likeness (QED) is 0.884. The van der Waals surface area contributed by atoms with Gasteiger partial charge in [0.2, 0.25) is 0 Å². The first kappa shape index (κ1) is 15.7. The standard InChI is InChI=1S/C17H18BrNO2/c1-12(14-7-9-16(18)10-8-14)19-17(20)15-5-3-13(4-6-15)11-21-2/h3-10,12H,11H2,1-2H3,(H,19,20)/t12-/m1/s1. The van der Waals surface area contributed by atoms with Gasteiger partial charge in [-0.05, 0) is 42.3 Å². The summed E-state index contributed by atoms with van der Waals surface area (Å²) in [5.41, 5.74) is 2.77. The molecule has 2 aromatic rings. The lowest BCUT2D eigenvalue weighted by Crippen LogP contribution is -2.26. The van der Waals surface area contributed by atoms with Gasteiger partial charge >= 0.3 is 0 Å².